The lowest BCUT2D eigenvalue weighted by atomic mass is 10.2. The molecule has 4 aromatic rings. The van der Waals surface area contributed by atoms with Crippen molar-refractivity contribution < 1.29 is 4.79 Å². The van der Waals surface area contributed by atoms with E-state index in [0.717, 1.165) is 20.5 Å². The van der Waals surface area contributed by atoms with Gasteiger partial charge in [-0.3, -0.25) is 9.59 Å². The van der Waals surface area contributed by atoms with Crippen LogP contribution >= 0.6 is 22.9 Å². The summed E-state index contributed by atoms with van der Waals surface area (Å²) in [5.41, 5.74) is 1.62. The first-order valence-corrected chi connectivity index (χ1v) is 10.2. The maximum absolute atomic E-state index is 12.3. The Morgan fingerprint density at radius 1 is 1.03 bits per heavy atom. The van der Waals surface area contributed by atoms with E-state index >= 15 is 0 Å². The van der Waals surface area contributed by atoms with Gasteiger partial charge in [0.15, 0.2) is 0 Å². The summed E-state index contributed by atoms with van der Waals surface area (Å²) in [6.07, 6.45) is 4.97. The molecule has 0 saturated carbocycles. The van der Waals surface area contributed by atoms with Crippen LogP contribution in [-0.2, 0) is 11.3 Å². The third-order valence-corrected chi connectivity index (χ3v) is 6.07. The van der Waals surface area contributed by atoms with Crippen LogP contribution in [0.3, 0.4) is 0 Å². The SMILES string of the molecule is O=C(C=Cc1sc2ccccc2c1Cl)Nc1ccc(Cn2ccccc2=O)cc1. The number of pyridine rings is 1. The molecule has 0 bridgehead atoms. The van der Waals surface area contributed by atoms with E-state index in [-0.39, 0.29) is 11.5 Å². The lowest BCUT2D eigenvalue weighted by Gasteiger charge is -2.07. The van der Waals surface area contributed by atoms with Crippen LogP contribution < -0.4 is 10.9 Å². The first-order chi connectivity index (χ1) is 14.1. The molecule has 0 radical (unpaired) electrons. The lowest BCUT2D eigenvalue weighted by molar-refractivity contribution is -0.111. The van der Waals surface area contributed by atoms with Gasteiger partial charge >= 0.3 is 0 Å². The van der Waals surface area contributed by atoms with Crippen molar-refractivity contribution in [3.05, 3.63) is 105 Å². The maximum atomic E-state index is 12.3. The molecule has 2 heterocycles. The third kappa shape index (κ3) is 4.47. The van der Waals surface area contributed by atoms with E-state index in [1.165, 1.54) is 12.1 Å². The highest BCUT2D eigenvalue weighted by atomic mass is 35.5. The summed E-state index contributed by atoms with van der Waals surface area (Å²) in [7, 11) is 0. The van der Waals surface area contributed by atoms with Crippen molar-refractivity contribution in [2.24, 2.45) is 0 Å². The summed E-state index contributed by atoms with van der Waals surface area (Å²) in [6.45, 7) is 0.484. The highest BCUT2D eigenvalue weighted by Gasteiger charge is 2.07. The standard InChI is InChI=1S/C23H17ClN2O2S/c24-23-18-5-1-2-6-19(18)29-20(23)12-13-21(27)25-17-10-8-16(9-11-17)15-26-14-4-3-7-22(26)28/h1-14H,15H2,(H,25,27). The van der Waals surface area contributed by atoms with Crippen molar-refractivity contribution in [3.8, 4) is 0 Å². The molecule has 2 aromatic carbocycles. The normalized spacial score (nSPS) is 11.2. The van der Waals surface area contributed by atoms with Gasteiger partial charge in [0, 0.05) is 39.0 Å². The quantitative estimate of drug-likeness (QED) is 0.438. The van der Waals surface area contributed by atoms with Crippen molar-refractivity contribution in [1.29, 1.82) is 0 Å². The molecule has 0 aliphatic heterocycles. The molecule has 4 nitrogen and oxygen atoms in total. The van der Waals surface area contributed by atoms with Crippen LogP contribution in [0.1, 0.15) is 10.4 Å². The van der Waals surface area contributed by atoms with Gasteiger partial charge in [0.2, 0.25) is 5.91 Å². The average molecular weight is 421 g/mol. The summed E-state index contributed by atoms with van der Waals surface area (Å²) < 4.78 is 2.72. The zero-order valence-electron chi connectivity index (χ0n) is 15.3. The third-order valence-electron chi connectivity index (χ3n) is 4.42. The molecule has 29 heavy (non-hydrogen) atoms. The average Bonchev–Trinajstić information content (AvgIpc) is 3.06. The molecule has 0 atom stereocenters. The van der Waals surface area contributed by atoms with E-state index in [1.54, 1.807) is 34.2 Å². The number of hydrogen-bond donors (Lipinski definition) is 1. The lowest BCUT2D eigenvalue weighted by Crippen LogP contribution is -2.18. The van der Waals surface area contributed by atoms with Crippen molar-refractivity contribution >= 4 is 50.7 Å². The number of thiophene rings is 1. The number of aromatic nitrogens is 1. The van der Waals surface area contributed by atoms with Crippen LogP contribution in [0.5, 0.6) is 0 Å². The highest BCUT2D eigenvalue weighted by Crippen LogP contribution is 2.35. The number of carbonyl (C=O) groups is 1. The van der Waals surface area contributed by atoms with Gasteiger partial charge in [-0.15, -0.1) is 11.3 Å². The van der Waals surface area contributed by atoms with Crippen LogP contribution in [0.2, 0.25) is 5.02 Å². The number of nitrogens with zero attached hydrogens (tertiary/aromatic N) is 1. The van der Waals surface area contributed by atoms with E-state index in [2.05, 4.69) is 5.32 Å². The zero-order valence-corrected chi connectivity index (χ0v) is 16.9. The molecule has 0 unspecified atom stereocenters. The second-order valence-electron chi connectivity index (χ2n) is 6.46. The number of benzene rings is 2. The minimum absolute atomic E-state index is 0.0464. The Morgan fingerprint density at radius 2 is 1.79 bits per heavy atom. The first-order valence-electron chi connectivity index (χ1n) is 9.01. The number of anilines is 1. The summed E-state index contributed by atoms with van der Waals surface area (Å²) in [5, 5.41) is 4.49. The molecule has 2 aromatic heterocycles. The molecule has 0 aliphatic rings. The summed E-state index contributed by atoms with van der Waals surface area (Å²) in [5.74, 6) is -0.231. The van der Waals surface area contributed by atoms with Gasteiger partial charge in [0.1, 0.15) is 0 Å². The van der Waals surface area contributed by atoms with Crippen LogP contribution in [0, 0.1) is 0 Å². The van der Waals surface area contributed by atoms with Gasteiger partial charge in [-0.1, -0.05) is 48.0 Å². The Hall–Kier alpha value is -3.15. The second kappa shape index (κ2) is 8.47. The predicted octanol–water partition coefficient (Wildman–Crippen LogP) is 5.42. The highest BCUT2D eigenvalue weighted by molar-refractivity contribution is 7.20. The fraction of sp³-hybridized carbons (Fsp3) is 0.0435. The smallest absolute Gasteiger partial charge is 0.250 e. The molecule has 4 rings (SSSR count). The minimum atomic E-state index is -0.231. The second-order valence-corrected chi connectivity index (χ2v) is 7.92. The van der Waals surface area contributed by atoms with E-state index in [1.807, 2.05) is 54.6 Å². The number of fused-ring (bicyclic) bond motifs is 1. The van der Waals surface area contributed by atoms with E-state index < -0.39 is 0 Å². The first kappa shape index (κ1) is 19.2. The number of nitrogens with one attached hydrogen (secondary N) is 1. The zero-order chi connectivity index (χ0) is 20.2. The Bertz CT molecular complexity index is 1260. The van der Waals surface area contributed by atoms with Gasteiger partial charge in [-0.2, -0.15) is 0 Å². The Morgan fingerprint density at radius 3 is 2.55 bits per heavy atom. The molecule has 0 aliphatic carbocycles. The van der Waals surface area contributed by atoms with Crippen molar-refractivity contribution in [1.82, 2.24) is 4.57 Å². The largest absolute Gasteiger partial charge is 0.323 e. The molecule has 0 saturated heterocycles. The van der Waals surface area contributed by atoms with Crippen LogP contribution in [0.25, 0.3) is 16.2 Å². The van der Waals surface area contributed by atoms with Gasteiger partial charge in [0.25, 0.3) is 5.56 Å². The van der Waals surface area contributed by atoms with Crippen LogP contribution in [0.4, 0.5) is 5.69 Å². The number of hydrogen-bond acceptors (Lipinski definition) is 3. The fourth-order valence-electron chi connectivity index (χ4n) is 2.96. The van der Waals surface area contributed by atoms with Gasteiger partial charge < -0.3 is 9.88 Å². The van der Waals surface area contributed by atoms with E-state index in [0.29, 0.717) is 17.3 Å². The molecular weight excluding hydrogens is 404 g/mol. The van der Waals surface area contributed by atoms with Gasteiger partial charge in [0.05, 0.1) is 11.6 Å². The van der Waals surface area contributed by atoms with E-state index in [4.69, 9.17) is 11.6 Å². The Kier molecular flexibility index (Phi) is 5.60. The fourth-order valence-corrected chi connectivity index (χ4v) is 4.36. The van der Waals surface area contributed by atoms with Crippen molar-refractivity contribution in [3.63, 3.8) is 0 Å². The molecule has 144 valence electrons. The molecule has 1 amide bonds. The molecular formula is C23H17ClN2O2S. The van der Waals surface area contributed by atoms with Crippen LogP contribution in [0.15, 0.2) is 83.8 Å². The monoisotopic (exact) mass is 420 g/mol. The van der Waals surface area contributed by atoms with Gasteiger partial charge in [-0.25, -0.2) is 0 Å². The van der Waals surface area contributed by atoms with Gasteiger partial charge in [-0.05, 0) is 35.9 Å². The summed E-state index contributed by atoms with van der Waals surface area (Å²) in [6, 6.07) is 20.4. The number of halogens is 1. The topological polar surface area (TPSA) is 51.1 Å². The number of carbonyl (C=O) groups excluding carboxylic acids is 1. The van der Waals surface area contributed by atoms with E-state index in [9.17, 15) is 9.59 Å². The maximum Gasteiger partial charge on any atom is 0.250 e. The molecule has 6 heteroatoms. The Balaban J connectivity index is 1.41. The van der Waals surface area contributed by atoms with Crippen molar-refractivity contribution in [2.75, 3.05) is 5.32 Å². The minimum Gasteiger partial charge on any atom is -0.323 e. The van der Waals surface area contributed by atoms with Crippen molar-refractivity contribution in [2.45, 2.75) is 6.54 Å². The molecule has 0 spiro atoms. The number of rotatable bonds is 5. The Labute approximate surface area is 176 Å². The predicted molar refractivity (Wildman–Crippen MR) is 121 cm³/mol. The number of amides is 1. The van der Waals surface area contributed by atoms with Crippen LogP contribution in [-0.4, -0.2) is 10.5 Å². The summed E-state index contributed by atoms with van der Waals surface area (Å²) in [4.78, 5) is 24.9. The summed E-state index contributed by atoms with van der Waals surface area (Å²) >= 11 is 7.95. The molecule has 0 fully saturated rings. The molecule has 1 N–H and O–H groups in total.